The van der Waals surface area contributed by atoms with E-state index in [0.717, 1.165) is 30.9 Å². The number of nitrogens with zero attached hydrogens (tertiary/aromatic N) is 3. The summed E-state index contributed by atoms with van der Waals surface area (Å²) in [7, 11) is 3.24. The smallest absolute Gasteiger partial charge is 0.317 e. The molecule has 144 valence electrons. The first kappa shape index (κ1) is 18.8. The molecule has 0 saturated carbocycles. The first-order valence-corrected chi connectivity index (χ1v) is 9.11. The van der Waals surface area contributed by atoms with E-state index >= 15 is 0 Å². The van der Waals surface area contributed by atoms with Gasteiger partial charge in [0.1, 0.15) is 5.82 Å². The monoisotopic (exact) mass is 370 g/mol. The van der Waals surface area contributed by atoms with Crippen LogP contribution in [-0.4, -0.2) is 62.9 Å². The third-order valence-electron chi connectivity index (χ3n) is 4.68. The average Bonchev–Trinajstić information content (AvgIpc) is 2.74. The van der Waals surface area contributed by atoms with Crippen molar-refractivity contribution in [2.24, 2.45) is 0 Å². The van der Waals surface area contributed by atoms with E-state index in [1.54, 1.807) is 20.4 Å². The second kappa shape index (κ2) is 9.12. The van der Waals surface area contributed by atoms with Crippen LogP contribution in [0.4, 0.5) is 10.6 Å². The van der Waals surface area contributed by atoms with Gasteiger partial charge in [-0.25, -0.2) is 9.78 Å². The van der Waals surface area contributed by atoms with E-state index in [-0.39, 0.29) is 6.03 Å². The van der Waals surface area contributed by atoms with E-state index < -0.39 is 0 Å². The van der Waals surface area contributed by atoms with E-state index in [2.05, 4.69) is 15.2 Å². The van der Waals surface area contributed by atoms with Crippen LogP contribution in [0.25, 0.3) is 0 Å². The van der Waals surface area contributed by atoms with Crippen LogP contribution in [0.2, 0.25) is 0 Å². The van der Waals surface area contributed by atoms with E-state index in [1.807, 2.05) is 41.3 Å². The Kier molecular flexibility index (Phi) is 6.35. The van der Waals surface area contributed by atoms with Crippen LogP contribution in [0.5, 0.6) is 11.5 Å². The quantitative estimate of drug-likeness (QED) is 0.844. The molecule has 7 heteroatoms. The number of anilines is 1. The van der Waals surface area contributed by atoms with Crippen molar-refractivity contribution in [3.05, 3.63) is 48.2 Å². The molecule has 0 bridgehead atoms. The van der Waals surface area contributed by atoms with E-state index in [4.69, 9.17) is 9.47 Å². The Balaban J connectivity index is 1.44. The molecule has 0 radical (unpaired) electrons. The molecule has 27 heavy (non-hydrogen) atoms. The number of nitrogens with one attached hydrogen (secondary N) is 1. The van der Waals surface area contributed by atoms with Crippen molar-refractivity contribution in [1.82, 2.24) is 15.2 Å². The normalized spacial score (nSPS) is 14.0. The van der Waals surface area contributed by atoms with Crippen LogP contribution >= 0.6 is 0 Å². The number of benzene rings is 1. The molecular formula is C20H26N4O3. The summed E-state index contributed by atoms with van der Waals surface area (Å²) in [4.78, 5) is 20.8. The summed E-state index contributed by atoms with van der Waals surface area (Å²) in [5, 5.41) is 3.00. The second-order valence-corrected chi connectivity index (χ2v) is 6.33. The molecule has 1 saturated heterocycles. The molecule has 1 aromatic heterocycles. The Bertz CT molecular complexity index is 746. The van der Waals surface area contributed by atoms with Gasteiger partial charge in [0.2, 0.25) is 0 Å². The molecule has 1 aliphatic rings. The summed E-state index contributed by atoms with van der Waals surface area (Å²) >= 11 is 0. The molecule has 2 heterocycles. The van der Waals surface area contributed by atoms with E-state index in [1.165, 1.54) is 0 Å². The molecule has 2 amide bonds. The molecule has 0 spiro atoms. The lowest BCUT2D eigenvalue weighted by Gasteiger charge is -2.35. The highest BCUT2D eigenvalue weighted by molar-refractivity contribution is 5.74. The Morgan fingerprint density at radius 3 is 2.52 bits per heavy atom. The highest BCUT2D eigenvalue weighted by Gasteiger charge is 2.21. The maximum atomic E-state index is 12.4. The number of pyridine rings is 1. The van der Waals surface area contributed by atoms with Crippen molar-refractivity contribution < 1.29 is 14.3 Å². The number of ether oxygens (including phenoxy) is 2. The third-order valence-corrected chi connectivity index (χ3v) is 4.68. The van der Waals surface area contributed by atoms with Crippen LogP contribution in [0, 0.1) is 0 Å². The van der Waals surface area contributed by atoms with Crippen LogP contribution in [-0.2, 0) is 6.42 Å². The number of carbonyl (C=O) groups excluding carboxylic acids is 1. The largest absolute Gasteiger partial charge is 0.493 e. The summed E-state index contributed by atoms with van der Waals surface area (Å²) in [6.45, 7) is 3.55. The van der Waals surface area contributed by atoms with Gasteiger partial charge in [0.15, 0.2) is 11.5 Å². The lowest BCUT2D eigenvalue weighted by atomic mass is 10.1. The molecule has 0 aliphatic carbocycles. The molecule has 2 aromatic rings. The predicted molar refractivity (Wildman–Crippen MR) is 105 cm³/mol. The maximum Gasteiger partial charge on any atom is 0.317 e. The summed E-state index contributed by atoms with van der Waals surface area (Å²) in [5.41, 5.74) is 1.09. The van der Waals surface area contributed by atoms with Crippen molar-refractivity contribution in [2.45, 2.75) is 6.42 Å². The number of piperazine rings is 1. The zero-order chi connectivity index (χ0) is 19.1. The lowest BCUT2D eigenvalue weighted by molar-refractivity contribution is 0.194. The van der Waals surface area contributed by atoms with Crippen molar-refractivity contribution in [3.63, 3.8) is 0 Å². The fourth-order valence-electron chi connectivity index (χ4n) is 3.14. The SMILES string of the molecule is COc1ccc(CCNC(=O)N2CCN(c3ccccn3)CC2)cc1OC. The highest BCUT2D eigenvalue weighted by atomic mass is 16.5. The number of rotatable bonds is 6. The summed E-state index contributed by atoms with van der Waals surface area (Å²) < 4.78 is 10.6. The number of hydrogen-bond acceptors (Lipinski definition) is 5. The van der Waals surface area contributed by atoms with Gasteiger partial charge in [-0.05, 0) is 36.2 Å². The molecule has 1 N–H and O–H groups in total. The third kappa shape index (κ3) is 4.81. The van der Waals surface area contributed by atoms with Gasteiger partial charge in [-0.2, -0.15) is 0 Å². The Hall–Kier alpha value is -2.96. The van der Waals surface area contributed by atoms with Gasteiger partial charge >= 0.3 is 6.03 Å². The number of amides is 2. The van der Waals surface area contributed by atoms with E-state index in [9.17, 15) is 4.79 Å². The summed E-state index contributed by atoms with van der Waals surface area (Å²) in [6, 6.07) is 11.7. The summed E-state index contributed by atoms with van der Waals surface area (Å²) in [5.74, 6) is 2.37. The van der Waals surface area contributed by atoms with Crippen molar-refractivity contribution in [3.8, 4) is 11.5 Å². The topological polar surface area (TPSA) is 66.9 Å². The van der Waals surface area contributed by atoms with Crippen LogP contribution in [0.1, 0.15) is 5.56 Å². The molecule has 3 rings (SSSR count). The average molecular weight is 370 g/mol. The number of hydrogen-bond donors (Lipinski definition) is 1. The molecule has 0 unspecified atom stereocenters. The number of urea groups is 1. The Labute approximate surface area is 159 Å². The molecule has 0 atom stereocenters. The number of carbonyl (C=O) groups is 1. The van der Waals surface area contributed by atoms with Gasteiger partial charge in [-0.15, -0.1) is 0 Å². The van der Waals surface area contributed by atoms with Crippen molar-refractivity contribution in [1.29, 1.82) is 0 Å². The van der Waals surface area contributed by atoms with Gasteiger partial charge in [0, 0.05) is 38.9 Å². The fraction of sp³-hybridized carbons (Fsp3) is 0.400. The predicted octanol–water partition coefficient (Wildman–Crippen LogP) is 2.17. The minimum atomic E-state index is -0.0175. The van der Waals surface area contributed by atoms with Crippen LogP contribution in [0.15, 0.2) is 42.6 Å². The molecule has 1 aromatic carbocycles. The molecular weight excluding hydrogens is 344 g/mol. The van der Waals surface area contributed by atoms with Gasteiger partial charge in [-0.1, -0.05) is 12.1 Å². The molecule has 7 nitrogen and oxygen atoms in total. The summed E-state index contributed by atoms with van der Waals surface area (Å²) in [6.07, 6.45) is 2.53. The highest BCUT2D eigenvalue weighted by Crippen LogP contribution is 2.27. The van der Waals surface area contributed by atoms with Gasteiger partial charge < -0.3 is 24.6 Å². The zero-order valence-corrected chi connectivity index (χ0v) is 15.9. The molecule has 1 fully saturated rings. The maximum absolute atomic E-state index is 12.4. The molecule has 1 aliphatic heterocycles. The van der Waals surface area contributed by atoms with Crippen LogP contribution < -0.4 is 19.7 Å². The van der Waals surface area contributed by atoms with Gasteiger partial charge in [0.25, 0.3) is 0 Å². The lowest BCUT2D eigenvalue weighted by Crippen LogP contribution is -2.52. The van der Waals surface area contributed by atoms with Crippen molar-refractivity contribution in [2.75, 3.05) is 51.8 Å². The first-order valence-electron chi connectivity index (χ1n) is 9.11. The fourth-order valence-corrected chi connectivity index (χ4v) is 3.14. The standard InChI is InChI=1S/C20H26N4O3/c1-26-17-7-6-16(15-18(17)27-2)8-10-22-20(25)24-13-11-23(12-14-24)19-5-3-4-9-21-19/h3-7,9,15H,8,10-14H2,1-2H3,(H,22,25). The minimum Gasteiger partial charge on any atom is -0.493 e. The minimum absolute atomic E-state index is 0.0175. The zero-order valence-electron chi connectivity index (χ0n) is 15.9. The first-order chi connectivity index (χ1) is 13.2. The second-order valence-electron chi connectivity index (χ2n) is 6.33. The Morgan fingerprint density at radius 1 is 1.07 bits per heavy atom. The van der Waals surface area contributed by atoms with Crippen molar-refractivity contribution >= 4 is 11.8 Å². The van der Waals surface area contributed by atoms with Gasteiger partial charge in [0.05, 0.1) is 14.2 Å². The number of aromatic nitrogens is 1. The van der Waals surface area contributed by atoms with E-state index in [0.29, 0.717) is 31.1 Å². The van der Waals surface area contributed by atoms with Crippen LogP contribution in [0.3, 0.4) is 0 Å². The number of methoxy groups -OCH3 is 2. The van der Waals surface area contributed by atoms with Gasteiger partial charge in [-0.3, -0.25) is 0 Å². The Morgan fingerprint density at radius 2 is 1.85 bits per heavy atom.